The third-order valence-electron chi connectivity index (χ3n) is 7.83. The Morgan fingerprint density at radius 1 is 0.784 bits per heavy atom. The summed E-state index contributed by atoms with van der Waals surface area (Å²) in [7, 11) is 0. The predicted molar refractivity (Wildman–Crippen MR) is 151 cm³/mol. The van der Waals surface area contributed by atoms with E-state index in [9.17, 15) is 8.78 Å². The summed E-state index contributed by atoms with van der Waals surface area (Å²) in [4.78, 5) is 0. The van der Waals surface area contributed by atoms with Crippen molar-refractivity contribution in [3.05, 3.63) is 90.5 Å². The Bertz CT molecular complexity index is 1130. The number of rotatable bonds is 12. The molecule has 4 rings (SSSR count). The lowest BCUT2D eigenvalue weighted by atomic mass is 9.80. The summed E-state index contributed by atoms with van der Waals surface area (Å²) >= 11 is 0. The fourth-order valence-corrected chi connectivity index (χ4v) is 5.41. The van der Waals surface area contributed by atoms with Crippen LogP contribution in [0.4, 0.5) is 8.78 Å². The van der Waals surface area contributed by atoms with Crippen LogP contribution in [0.3, 0.4) is 0 Å². The molecule has 1 fully saturated rings. The van der Waals surface area contributed by atoms with Crippen LogP contribution in [0.2, 0.25) is 0 Å². The van der Waals surface area contributed by atoms with Crippen LogP contribution in [0.1, 0.15) is 70.3 Å². The number of ether oxygens (including phenoxy) is 1. The molecule has 0 aromatic heterocycles. The predicted octanol–water partition coefficient (Wildman–Crippen LogP) is 10.2. The second-order valence-corrected chi connectivity index (χ2v) is 10.5. The van der Waals surface area contributed by atoms with E-state index in [1.807, 2.05) is 42.5 Å². The van der Waals surface area contributed by atoms with Crippen molar-refractivity contribution in [2.45, 2.75) is 71.1 Å². The largest absolute Gasteiger partial charge is 0.493 e. The van der Waals surface area contributed by atoms with E-state index in [-0.39, 0.29) is 0 Å². The van der Waals surface area contributed by atoms with Gasteiger partial charge in [0.05, 0.1) is 6.61 Å². The van der Waals surface area contributed by atoms with E-state index in [0.717, 1.165) is 55.1 Å². The highest BCUT2D eigenvalue weighted by Gasteiger charge is 2.21. The molecule has 37 heavy (non-hydrogen) atoms. The molecule has 0 aliphatic heterocycles. The van der Waals surface area contributed by atoms with Gasteiger partial charge in [0.15, 0.2) is 11.6 Å². The van der Waals surface area contributed by atoms with Gasteiger partial charge in [-0.25, -0.2) is 8.78 Å². The van der Waals surface area contributed by atoms with Crippen LogP contribution in [-0.4, -0.2) is 6.61 Å². The van der Waals surface area contributed by atoms with E-state index in [2.05, 4.69) is 25.6 Å². The third-order valence-corrected chi connectivity index (χ3v) is 7.83. The smallest absolute Gasteiger partial charge is 0.166 e. The highest BCUT2D eigenvalue weighted by atomic mass is 19.2. The van der Waals surface area contributed by atoms with Crippen molar-refractivity contribution in [2.75, 3.05) is 6.61 Å². The first kappa shape index (κ1) is 27.1. The van der Waals surface area contributed by atoms with Crippen LogP contribution in [0, 0.1) is 23.5 Å². The minimum atomic E-state index is -0.756. The molecule has 0 amide bonds. The third kappa shape index (κ3) is 7.31. The first-order valence-electron chi connectivity index (χ1n) is 14.0. The number of hydrogen-bond donors (Lipinski definition) is 0. The Morgan fingerprint density at radius 3 is 2.05 bits per heavy atom. The van der Waals surface area contributed by atoms with E-state index in [1.54, 1.807) is 12.1 Å². The highest BCUT2D eigenvalue weighted by molar-refractivity contribution is 5.71. The summed E-state index contributed by atoms with van der Waals surface area (Å²) in [5.41, 5.74) is 3.55. The van der Waals surface area contributed by atoms with Crippen LogP contribution in [0.15, 0.2) is 73.3 Å². The number of hydrogen-bond acceptors (Lipinski definition) is 1. The van der Waals surface area contributed by atoms with Crippen LogP contribution in [0.5, 0.6) is 5.75 Å². The van der Waals surface area contributed by atoms with Crippen molar-refractivity contribution in [1.29, 1.82) is 0 Å². The lowest BCUT2D eigenvalue weighted by Gasteiger charge is -2.28. The lowest BCUT2D eigenvalue weighted by molar-refractivity contribution is 0.179. The number of halogens is 2. The van der Waals surface area contributed by atoms with Gasteiger partial charge < -0.3 is 4.74 Å². The van der Waals surface area contributed by atoms with Gasteiger partial charge in [-0.1, -0.05) is 87.2 Å². The van der Waals surface area contributed by atoms with Gasteiger partial charge >= 0.3 is 0 Å². The molecule has 1 saturated carbocycles. The van der Waals surface area contributed by atoms with Gasteiger partial charge in [0, 0.05) is 5.56 Å². The molecular formula is C34H40F2O. The van der Waals surface area contributed by atoms with Gasteiger partial charge in [-0.3, -0.25) is 0 Å². The van der Waals surface area contributed by atoms with E-state index in [0.29, 0.717) is 29.0 Å². The normalized spacial score (nSPS) is 17.5. The Morgan fingerprint density at radius 2 is 1.41 bits per heavy atom. The second kappa shape index (κ2) is 13.6. The first-order valence-corrected chi connectivity index (χ1v) is 14.0. The van der Waals surface area contributed by atoms with E-state index >= 15 is 0 Å². The van der Waals surface area contributed by atoms with Crippen LogP contribution in [-0.2, 0) is 6.42 Å². The topological polar surface area (TPSA) is 9.23 Å². The summed E-state index contributed by atoms with van der Waals surface area (Å²) in [5.74, 6) is 0.918. The molecule has 0 N–H and O–H groups in total. The molecule has 0 spiro atoms. The fraction of sp³-hybridized carbons (Fsp3) is 0.412. The average Bonchev–Trinajstić information content (AvgIpc) is 2.94. The quantitative estimate of drug-likeness (QED) is 0.177. The SMILES string of the molecule is C=CCCC1CCC(COc2ccc(-c3ccc(-c4ccc(CCCCC)c(F)c4F)cc3)cc2)CC1. The number of unbranched alkanes of at least 4 members (excludes halogenated alkanes) is 2. The van der Waals surface area contributed by atoms with Crippen molar-refractivity contribution in [1.82, 2.24) is 0 Å². The Kier molecular flexibility index (Phi) is 9.93. The van der Waals surface area contributed by atoms with Gasteiger partial charge in [0.1, 0.15) is 5.75 Å². The molecule has 0 atom stereocenters. The molecule has 3 aromatic carbocycles. The molecule has 1 aliphatic rings. The molecule has 196 valence electrons. The van der Waals surface area contributed by atoms with E-state index in [4.69, 9.17) is 4.74 Å². The van der Waals surface area contributed by atoms with Crippen molar-refractivity contribution < 1.29 is 13.5 Å². The van der Waals surface area contributed by atoms with Gasteiger partial charge in [-0.15, -0.1) is 6.58 Å². The van der Waals surface area contributed by atoms with Crippen molar-refractivity contribution in [2.24, 2.45) is 11.8 Å². The van der Waals surface area contributed by atoms with Crippen molar-refractivity contribution >= 4 is 0 Å². The number of allylic oxidation sites excluding steroid dienone is 1. The Labute approximate surface area is 221 Å². The minimum Gasteiger partial charge on any atom is -0.493 e. The second-order valence-electron chi connectivity index (χ2n) is 10.5. The fourth-order valence-electron chi connectivity index (χ4n) is 5.41. The zero-order chi connectivity index (χ0) is 26.0. The molecule has 1 aliphatic carbocycles. The molecular weight excluding hydrogens is 462 g/mol. The van der Waals surface area contributed by atoms with E-state index < -0.39 is 11.6 Å². The molecule has 0 saturated heterocycles. The first-order chi connectivity index (χ1) is 18.1. The lowest BCUT2D eigenvalue weighted by Crippen LogP contribution is -2.20. The summed E-state index contributed by atoms with van der Waals surface area (Å²) in [6.45, 7) is 6.72. The highest BCUT2D eigenvalue weighted by Crippen LogP contribution is 2.33. The van der Waals surface area contributed by atoms with Gasteiger partial charge in [-0.05, 0) is 84.7 Å². The van der Waals surface area contributed by atoms with Gasteiger partial charge in [-0.2, -0.15) is 0 Å². The molecule has 3 heteroatoms. The maximum absolute atomic E-state index is 14.8. The van der Waals surface area contributed by atoms with Crippen molar-refractivity contribution in [3.8, 4) is 28.0 Å². The Balaban J connectivity index is 1.32. The monoisotopic (exact) mass is 502 g/mol. The average molecular weight is 503 g/mol. The van der Waals surface area contributed by atoms with Crippen LogP contribution in [0.25, 0.3) is 22.3 Å². The van der Waals surface area contributed by atoms with Crippen LogP contribution >= 0.6 is 0 Å². The van der Waals surface area contributed by atoms with Gasteiger partial charge in [0.2, 0.25) is 0 Å². The maximum atomic E-state index is 14.8. The van der Waals surface area contributed by atoms with Crippen molar-refractivity contribution in [3.63, 3.8) is 0 Å². The summed E-state index contributed by atoms with van der Waals surface area (Å²) in [5, 5.41) is 0. The molecule has 0 unspecified atom stereocenters. The Hall–Kier alpha value is -2.94. The minimum absolute atomic E-state index is 0.307. The molecule has 0 bridgehead atoms. The summed E-state index contributed by atoms with van der Waals surface area (Å²) < 4.78 is 35.5. The molecule has 0 heterocycles. The zero-order valence-corrected chi connectivity index (χ0v) is 22.2. The van der Waals surface area contributed by atoms with Gasteiger partial charge in [0.25, 0.3) is 0 Å². The molecule has 3 aromatic rings. The molecule has 1 nitrogen and oxygen atoms in total. The standard InChI is InChI=1S/C34H40F2O/c1-3-5-7-9-30-20-23-32(34(36)33(30)35)29-16-14-27(15-17-29)28-18-21-31(22-19-28)37-24-26-12-10-25(11-13-26)8-6-4-2/h4,14-23,25-26H,2-3,5-13,24H2,1H3. The molecule has 0 radical (unpaired) electrons. The maximum Gasteiger partial charge on any atom is 0.166 e. The zero-order valence-electron chi connectivity index (χ0n) is 22.2. The summed E-state index contributed by atoms with van der Waals surface area (Å²) in [6.07, 6.45) is 13.1. The number of aryl methyl sites for hydroxylation is 1. The number of benzene rings is 3. The van der Waals surface area contributed by atoms with Crippen LogP contribution < -0.4 is 4.74 Å². The summed E-state index contributed by atoms with van der Waals surface area (Å²) in [6, 6.07) is 19.2. The van der Waals surface area contributed by atoms with E-state index in [1.165, 1.54) is 32.1 Å².